The molecular weight excluding hydrogens is 438 g/mol. The Labute approximate surface area is 185 Å². The fourth-order valence-corrected chi connectivity index (χ4v) is 4.21. The number of ether oxygens (including phenoxy) is 1. The van der Waals surface area contributed by atoms with E-state index in [2.05, 4.69) is 4.98 Å². The van der Waals surface area contributed by atoms with Crippen molar-refractivity contribution in [3.8, 4) is 11.6 Å². The number of aryl methyl sites for hydroxylation is 1. The number of carbonyl (C=O) groups is 2. The van der Waals surface area contributed by atoms with Crippen LogP contribution in [0.5, 0.6) is 11.6 Å². The highest BCUT2D eigenvalue weighted by atomic mass is 32.2. The van der Waals surface area contributed by atoms with Crippen molar-refractivity contribution in [1.29, 1.82) is 0 Å². The fourth-order valence-electron chi connectivity index (χ4n) is 2.98. The Kier molecular flexibility index (Phi) is 5.57. The molecule has 2 aromatic heterocycles. The second-order valence-electron chi connectivity index (χ2n) is 6.64. The van der Waals surface area contributed by atoms with Gasteiger partial charge in [-0.2, -0.15) is 4.98 Å². The van der Waals surface area contributed by atoms with Gasteiger partial charge < -0.3 is 9.84 Å². The van der Waals surface area contributed by atoms with Crippen molar-refractivity contribution in [2.24, 2.45) is 0 Å². The van der Waals surface area contributed by atoms with Crippen LogP contribution in [0.25, 0.3) is 11.7 Å². The van der Waals surface area contributed by atoms with E-state index in [1.165, 1.54) is 10.5 Å². The lowest BCUT2D eigenvalue weighted by atomic mass is 10.2. The molecule has 1 saturated heterocycles. The van der Waals surface area contributed by atoms with E-state index in [4.69, 9.17) is 22.1 Å². The van der Waals surface area contributed by atoms with E-state index in [0.29, 0.717) is 11.4 Å². The summed E-state index contributed by atoms with van der Waals surface area (Å²) in [7, 11) is 0. The van der Waals surface area contributed by atoms with Gasteiger partial charge in [0.05, 0.1) is 4.91 Å². The van der Waals surface area contributed by atoms with Crippen LogP contribution in [-0.4, -0.2) is 42.1 Å². The van der Waals surface area contributed by atoms with Crippen molar-refractivity contribution in [3.05, 3.63) is 75.0 Å². The van der Waals surface area contributed by atoms with Gasteiger partial charge in [-0.1, -0.05) is 42.2 Å². The predicted molar refractivity (Wildman–Crippen MR) is 120 cm³/mol. The number of carbonyl (C=O) groups excluding carboxylic acids is 1. The van der Waals surface area contributed by atoms with Crippen molar-refractivity contribution in [3.63, 3.8) is 0 Å². The van der Waals surface area contributed by atoms with Gasteiger partial charge in [0.1, 0.15) is 27.8 Å². The van der Waals surface area contributed by atoms with E-state index in [-0.39, 0.29) is 20.7 Å². The largest absolute Gasteiger partial charge is 0.480 e. The quantitative estimate of drug-likeness (QED) is 0.465. The molecular formula is C21H15N3O5S2. The highest BCUT2D eigenvalue weighted by molar-refractivity contribution is 8.26. The van der Waals surface area contributed by atoms with E-state index in [1.54, 1.807) is 36.5 Å². The van der Waals surface area contributed by atoms with Crippen LogP contribution in [0.15, 0.2) is 58.4 Å². The van der Waals surface area contributed by atoms with Gasteiger partial charge in [-0.25, -0.2) is 0 Å². The molecule has 0 bridgehead atoms. The minimum Gasteiger partial charge on any atom is -0.480 e. The minimum absolute atomic E-state index is 0.0327. The lowest BCUT2D eigenvalue weighted by Gasteiger charge is -2.11. The van der Waals surface area contributed by atoms with Gasteiger partial charge in [0.25, 0.3) is 11.5 Å². The van der Waals surface area contributed by atoms with Crippen LogP contribution < -0.4 is 10.3 Å². The Morgan fingerprint density at radius 2 is 2.06 bits per heavy atom. The van der Waals surface area contributed by atoms with Crippen molar-refractivity contribution < 1.29 is 19.4 Å². The van der Waals surface area contributed by atoms with Crippen LogP contribution in [0.4, 0.5) is 0 Å². The number of carboxylic acids is 1. The zero-order chi connectivity index (χ0) is 22.1. The fraction of sp³-hybridized carbons (Fsp3) is 0.0952. The number of pyridine rings is 1. The molecule has 4 rings (SSSR count). The first kappa shape index (κ1) is 20.8. The highest BCUT2D eigenvalue weighted by Gasteiger charge is 2.34. The molecule has 0 spiro atoms. The van der Waals surface area contributed by atoms with Gasteiger partial charge in [0.2, 0.25) is 5.88 Å². The molecule has 1 aliphatic rings. The Morgan fingerprint density at radius 1 is 1.26 bits per heavy atom. The molecule has 8 nitrogen and oxygen atoms in total. The number of thioether (sulfide) groups is 1. The van der Waals surface area contributed by atoms with Crippen molar-refractivity contribution in [2.75, 3.05) is 6.54 Å². The van der Waals surface area contributed by atoms with Gasteiger partial charge in [-0.15, -0.1) is 0 Å². The maximum absolute atomic E-state index is 13.2. The smallest absolute Gasteiger partial charge is 0.323 e. The topological polar surface area (TPSA) is 101 Å². The van der Waals surface area contributed by atoms with Crippen LogP contribution in [-0.2, 0) is 9.59 Å². The third-order valence-electron chi connectivity index (χ3n) is 4.38. The van der Waals surface area contributed by atoms with E-state index < -0.39 is 24.0 Å². The Morgan fingerprint density at radius 3 is 2.81 bits per heavy atom. The summed E-state index contributed by atoms with van der Waals surface area (Å²) in [6.07, 6.45) is 2.91. The molecule has 0 aliphatic carbocycles. The van der Waals surface area contributed by atoms with Crippen LogP contribution >= 0.6 is 24.0 Å². The second-order valence-corrected chi connectivity index (χ2v) is 8.32. The molecule has 1 aromatic carbocycles. The Balaban J connectivity index is 1.84. The third-order valence-corrected chi connectivity index (χ3v) is 5.76. The number of aliphatic carboxylic acids is 1. The van der Waals surface area contributed by atoms with Gasteiger partial charge in [0, 0.05) is 6.20 Å². The Hall–Kier alpha value is -3.50. The second kappa shape index (κ2) is 8.32. The van der Waals surface area contributed by atoms with Gasteiger partial charge in [-0.3, -0.25) is 23.7 Å². The lowest BCUT2D eigenvalue weighted by Crippen LogP contribution is -2.33. The van der Waals surface area contributed by atoms with Gasteiger partial charge >= 0.3 is 5.97 Å². The first-order valence-corrected chi connectivity index (χ1v) is 10.3. The molecule has 0 atom stereocenters. The molecule has 1 fully saturated rings. The van der Waals surface area contributed by atoms with Crippen LogP contribution in [0.1, 0.15) is 11.1 Å². The number of hydrogen-bond donors (Lipinski definition) is 1. The molecule has 156 valence electrons. The number of thiocarbonyl (C=S) groups is 1. The summed E-state index contributed by atoms with van der Waals surface area (Å²) in [5.74, 6) is -1.25. The van der Waals surface area contributed by atoms with E-state index in [9.17, 15) is 14.4 Å². The normalized spacial score (nSPS) is 15.1. The maximum Gasteiger partial charge on any atom is 0.323 e. The number of hydrogen-bond acceptors (Lipinski definition) is 7. The maximum atomic E-state index is 13.2. The number of carboxylic acid groups (broad SMARTS) is 1. The summed E-state index contributed by atoms with van der Waals surface area (Å²) in [4.78, 5) is 42.4. The molecule has 1 N–H and O–H groups in total. The molecule has 3 aromatic rings. The van der Waals surface area contributed by atoms with Gasteiger partial charge in [0.15, 0.2) is 0 Å². The van der Waals surface area contributed by atoms with E-state index >= 15 is 0 Å². The zero-order valence-corrected chi connectivity index (χ0v) is 17.8. The van der Waals surface area contributed by atoms with Crippen molar-refractivity contribution in [1.82, 2.24) is 14.3 Å². The Bertz CT molecular complexity index is 1330. The average Bonchev–Trinajstić information content (AvgIpc) is 2.98. The SMILES string of the molecule is Cc1cccc(Oc2nc3ccccn3c(=O)c2C=C2SC(=S)N(CC(=O)O)C2=O)c1. The van der Waals surface area contributed by atoms with Crippen LogP contribution in [0.3, 0.4) is 0 Å². The number of benzene rings is 1. The number of amides is 1. The van der Waals surface area contributed by atoms with Gasteiger partial charge in [-0.05, 0) is 42.8 Å². The molecule has 0 radical (unpaired) electrons. The highest BCUT2D eigenvalue weighted by Crippen LogP contribution is 2.34. The number of rotatable bonds is 5. The van der Waals surface area contributed by atoms with Crippen molar-refractivity contribution in [2.45, 2.75) is 6.92 Å². The van der Waals surface area contributed by atoms with Crippen LogP contribution in [0, 0.1) is 6.92 Å². The van der Waals surface area contributed by atoms with Crippen molar-refractivity contribution >= 4 is 51.9 Å². The summed E-state index contributed by atoms with van der Waals surface area (Å²) in [5.41, 5.74) is 0.967. The van der Waals surface area contributed by atoms with E-state index in [0.717, 1.165) is 22.2 Å². The van der Waals surface area contributed by atoms with E-state index in [1.807, 2.05) is 19.1 Å². The number of fused-ring (bicyclic) bond motifs is 1. The summed E-state index contributed by atoms with van der Waals surface area (Å²) in [5, 5.41) is 9.01. The molecule has 0 unspecified atom stereocenters. The zero-order valence-electron chi connectivity index (χ0n) is 16.1. The first-order valence-electron chi connectivity index (χ1n) is 9.06. The number of nitrogens with zero attached hydrogens (tertiary/aromatic N) is 3. The molecule has 1 amide bonds. The monoisotopic (exact) mass is 453 g/mol. The number of aromatic nitrogens is 2. The predicted octanol–water partition coefficient (Wildman–Crippen LogP) is 3.08. The molecule has 1 aliphatic heterocycles. The molecule has 0 saturated carbocycles. The summed E-state index contributed by atoms with van der Waals surface area (Å²) in [6.45, 7) is 1.36. The minimum atomic E-state index is -1.19. The lowest BCUT2D eigenvalue weighted by molar-refractivity contribution is -0.140. The standard InChI is InChI=1S/C21H15N3O5S2/c1-12-5-4-6-13(9-12)29-18-14(19(27)23-8-3-2-7-16(23)22-18)10-15-20(28)24(11-17(25)26)21(30)31-15/h2-10H,11H2,1H3,(H,25,26). The first-order chi connectivity index (χ1) is 14.8. The summed E-state index contributed by atoms with van der Waals surface area (Å²) < 4.78 is 7.36. The molecule has 31 heavy (non-hydrogen) atoms. The third kappa shape index (κ3) is 4.21. The molecule has 3 heterocycles. The molecule has 10 heteroatoms. The summed E-state index contributed by atoms with van der Waals surface area (Å²) in [6, 6.07) is 12.4. The average molecular weight is 454 g/mol. The van der Waals surface area contributed by atoms with Crippen LogP contribution in [0.2, 0.25) is 0 Å². The summed E-state index contributed by atoms with van der Waals surface area (Å²) >= 11 is 6.05.